The van der Waals surface area contributed by atoms with Gasteiger partial charge < -0.3 is 20.1 Å². The van der Waals surface area contributed by atoms with Gasteiger partial charge >= 0.3 is 5.97 Å². The van der Waals surface area contributed by atoms with Crippen molar-refractivity contribution in [1.29, 1.82) is 0 Å². The summed E-state index contributed by atoms with van der Waals surface area (Å²) in [7, 11) is 0. The number of aromatic hydroxyl groups is 1. The lowest BCUT2D eigenvalue weighted by atomic mass is 10.2. The van der Waals surface area contributed by atoms with Crippen LogP contribution in [0.5, 0.6) is 11.5 Å². The van der Waals surface area contributed by atoms with Crippen LogP contribution in [0.4, 0.5) is 0 Å². The van der Waals surface area contributed by atoms with Crippen molar-refractivity contribution in [2.45, 2.75) is 6.29 Å². The van der Waals surface area contributed by atoms with E-state index in [0.717, 1.165) is 0 Å². The maximum atomic E-state index is 11.9. The van der Waals surface area contributed by atoms with Gasteiger partial charge in [0.25, 0.3) is 0 Å². The zero-order valence-corrected chi connectivity index (χ0v) is 9.85. The van der Waals surface area contributed by atoms with Gasteiger partial charge in [0.1, 0.15) is 17.1 Å². The van der Waals surface area contributed by atoms with Crippen LogP contribution in [0.25, 0.3) is 0 Å². The lowest BCUT2D eigenvalue weighted by Gasteiger charge is -2.11. The summed E-state index contributed by atoms with van der Waals surface area (Å²) in [4.78, 5) is 11.9. The lowest BCUT2D eigenvalue weighted by Crippen LogP contribution is -2.11. The summed E-state index contributed by atoms with van der Waals surface area (Å²) in [5, 5.41) is 27.9. The molecule has 0 atom stereocenters. The number of benzene rings is 2. The molecule has 2 aromatic carbocycles. The first-order valence-electron chi connectivity index (χ1n) is 5.55. The van der Waals surface area contributed by atoms with Crippen LogP contribution in [0.2, 0.25) is 0 Å². The van der Waals surface area contributed by atoms with Gasteiger partial charge in [0.15, 0.2) is 6.29 Å². The van der Waals surface area contributed by atoms with Crippen molar-refractivity contribution < 1.29 is 24.9 Å². The minimum atomic E-state index is -1.74. The second-order valence-corrected chi connectivity index (χ2v) is 3.82. The number of aliphatic hydroxyl groups is 2. The van der Waals surface area contributed by atoms with E-state index < -0.39 is 12.3 Å². The summed E-state index contributed by atoms with van der Waals surface area (Å²) in [6.45, 7) is 0. The van der Waals surface area contributed by atoms with E-state index in [0.29, 0.717) is 0 Å². The number of rotatable bonds is 3. The molecule has 0 aliphatic rings. The van der Waals surface area contributed by atoms with Crippen molar-refractivity contribution in [2.75, 3.05) is 0 Å². The van der Waals surface area contributed by atoms with Gasteiger partial charge in [-0.15, -0.1) is 0 Å². The predicted molar refractivity (Wildman–Crippen MR) is 66.7 cm³/mol. The van der Waals surface area contributed by atoms with Gasteiger partial charge in [-0.3, -0.25) is 0 Å². The maximum Gasteiger partial charge on any atom is 0.347 e. The smallest absolute Gasteiger partial charge is 0.347 e. The lowest BCUT2D eigenvalue weighted by molar-refractivity contribution is -0.0437. The van der Waals surface area contributed by atoms with Crippen molar-refractivity contribution in [1.82, 2.24) is 0 Å². The SMILES string of the molecule is O=C(Oc1ccccc1C(O)O)c1ccccc1O. The second-order valence-electron chi connectivity index (χ2n) is 3.82. The van der Waals surface area contributed by atoms with Crippen LogP contribution in [-0.2, 0) is 0 Å². The standard InChI is InChI=1S/C14H12O5/c15-11-7-3-1-5-9(11)14(18)19-12-8-4-2-6-10(12)13(16)17/h1-8,13,15-17H. The Balaban J connectivity index is 2.27. The Morgan fingerprint density at radius 1 is 1.00 bits per heavy atom. The first kappa shape index (κ1) is 13.1. The van der Waals surface area contributed by atoms with Crippen LogP contribution in [0.1, 0.15) is 22.2 Å². The average Bonchev–Trinajstić information content (AvgIpc) is 2.39. The highest BCUT2D eigenvalue weighted by Gasteiger charge is 2.16. The average molecular weight is 260 g/mol. The molecule has 0 bridgehead atoms. The summed E-state index contributed by atoms with van der Waals surface area (Å²) < 4.78 is 5.05. The zero-order chi connectivity index (χ0) is 13.8. The molecule has 0 radical (unpaired) electrons. The van der Waals surface area contributed by atoms with E-state index in [2.05, 4.69) is 0 Å². The highest BCUT2D eigenvalue weighted by molar-refractivity contribution is 5.93. The minimum Gasteiger partial charge on any atom is -0.507 e. The Hall–Kier alpha value is -2.37. The first-order valence-corrected chi connectivity index (χ1v) is 5.55. The zero-order valence-electron chi connectivity index (χ0n) is 9.85. The Labute approximate surface area is 109 Å². The molecule has 0 spiro atoms. The summed E-state index contributed by atoms with van der Waals surface area (Å²) >= 11 is 0. The number of carbonyl (C=O) groups excluding carboxylic acids is 1. The summed E-state index contributed by atoms with van der Waals surface area (Å²) in [6, 6.07) is 12.0. The van der Waals surface area contributed by atoms with E-state index in [4.69, 9.17) is 14.9 Å². The van der Waals surface area contributed by atoms with Crippen LogP contribution in [-0.4, -0.2) is 21.3 Å². The largest absolute Gasteiger partial charge is 0.507 e. The molecule has 19 heavy (non-hydrogen) atoms. The van der Waals surface area contributed by atoms with Crippen molar-refractivity contribution in [3.8, 4) is 11.5 Å². The molecular weight excluding hydrogens is 248 g/mol. The monoisotopic (exact) mass is 260 g/mol. The number of esters is 1. The molecule has 0 aliphatic carbocycles. The number of hydrogen-bond donors (Lipinski definition) is 3. The highest BCUT2D eigenvalue weighted by Crippen LogP contribution is 2.25. The molecule has 0 saturated heterocycles. The molecule has 0 unspecified atom stereocenters. The summed E-state index contributed by atoms with van der Waals surface area (Å²) in [5.41, 5.74) is 0.0796. The molecule has 5 nitrogen and oxygen atoms in total. The van der Waals surface area contributed by atoms with Crippen molar-refractivity contribution in [3.63, 3.8) is 0 Å². The minimum absolute atomic E-state index is 0.00438. The van der Waals surface area contributed by atoms with Crippen LogP contribution in [0.15, 0.2) is 48.5 Å². The van der Waals surface area contributed by atoms with Gasteiger partial charge in [-0.05, 0) is 18.2 Å². The molecule has 2 aromatic rings. The third-order valence-electron chi connectivity index (χ3n) is 2.52. The van der Waals surface area contributed by atoms with Crippen molar-refractivity contribution in [2.24, 2.45) is 0 Å². The van der Waals surface area contributed by atoms with Crippen molar-refractivity contribution in [3.05, 3.63) is 59.7 Å². The fraction of sp³-hybridized carbons (Fsp3) is 0.0714. The quantitative estimate of drug-likeness (QED) is 0.443. The van der Waals surface area contributed by atoms with E-state index in [1.165, 1.54) is 24.3 Å². The van der Waals surface area contributed by atoms with E-state index in [-0.39, 0.29) is 22.6 Å². The maximum absolute atomic E-state index is 11.9. The Bertz CT molecular complexity index is 592. The molecule has 0 heterocycles. The van der Waals surface area contributed by atoms with Gasteiger partial charge in [0, 0.05) is 0 Å². The van der Waals surface area contributed by atoms with E-state index >= 15 is 0 Å². The number of aliphatic hydroxyl groups excluding tert-OH is 1. The molecule has 0 aliphatic heterocycles. The van der Waals surface area contributed by atoms with E-state index in [9.17, 15) is 9.90 Å². The highest BCUT2D eigenvalue weighted by atomic mass is 16.5. The van der Waals surface area contributed by atoms with Crippen LogP contribution >= 0.6 is 0 Å². The molecule has 3 N–H and O–H groups in total. The third-order valence-corrected chi connectivity index (χ3v) is 2.52. The van der Waals surface area contributed by atoms with Gasteiger partial charge in [0.05, 0.1) is 5.56 Å². The van der Waals surface area contributed by atoms with Gasteiger partial charge in [-0.1, -0.05) is 30.3 Å². The fourth-order valence-corrected chi connectivity index (χ4v) is 1.59. The molecule has 0 saturated carbocycles. The number of phenolic OH excluding ortho intramolecular Hbond substituents is 1. The number of carbonyl (C=O) groups is 1. The molecule has 5 heteroatoms. The van der Waals surface area contributed by atoms with Crippen LogP contribution in [0.3, 0.4) is 0 Å². The first-order chi connectivity index (χ1) is 9.09. The normalized spacial score (nSPS) is 10.5. The Morgan fingerprint density at radius 3 is 2.32 bits per heavy atom. The van der Waals surface area contributed by atoms with Gasteiger partial charge in [-0.25, -0.2) is 4.79 Å². The number of ether oxygens (including phenoxy) is 1. The van der Waals surface area contributed by atoms with Gasteiger partial charge in [0.2, 0.25) is 0 Å². The molecular formula is C14H12O5. The van der Waals surface area contributed by atoms with Crippen LogP contribution in [0, 0.1) is 0 Å². The fourth-order valence-electron chi connectivity index (χ4n) is 1.59. The second kappa shape index (κ2) is 5.51. The molecule has 98 valence electrons. The van der Waals surface area contributed by atoms with E-state index in [1.807, 2.05) is 0 Å². The van der Waals surface area contributed by atoms with E-state index in [1.54, 1.807) is 24.3 Å². The molecule has 0 aromatic heterocycles. The Kier molecular flexibility index (Phi) is 3.79. The third kappa shape index (κ3) is 2.90. The van der Waals surface area contributed by atoms with Crippen LogP contribution < -0.4 is 4.74 Å². The molecule has 0 amide bonds. The predicted octanol–water partition coefficient (Wildman–Crippen LogP) is 1.59. The molecule has 0 fully saturated rings. The number of hydrogen-bond acceptors (Lipinski definition) is 5. The summed E-state index contributed by atoms with van der Waals surface area (Å²) in [5.74, 6) is -0.938. The summed E-state index contributed by atoms with van der Waals surface area (Å²) in [6.07, 6.45) is -1.74. The topological polar surface area (TPSA) is 87.0 Å². The van der Waals surface area contributed by atoms with Crippen molar-refractivity contribution >= 4 is 5.97 Å². The molecule has 2 rings (SSSR count). The Morgan fingerprint density at radius 2 is 1.63 bits per heavy atom. The number of phenols is 1. The number of para-hydroxylation sites is 2. The van der Waals surface area contributed by atoms with Gasteiger partial charge in [-0.2, -0.15) is 0 Å².